The molecule has 21 heavy (non-hydrogen) atoms. The molecular formula is C14H13ClN4S2. The molecule has 0 bridgehead atoms. The first-order valence-electron chi connectivity index (χ1n) is 6.56. The predicted octanol–water partition coefficient (Wildman–Crippen LogP) is 4.71. The SMILES string of the molecule is CCCNc1ncc(Cl)c(Sc2nc3ccccc3s2)n1. The minimum Gasteiger partial charge on any atom is -0.354 e. The van der Waals surface area contributed by atoms with E-state index in [2.05, 4.69) is 33.3 Å². The zero-order valence-corrected chi connectivity index (χ0v) is 13.7. The molecule has 1 aromatic carbocycles. The standard InChI is InChI=1S/C14H13ClN4S2/c1-2-7-16-13-17-8-9(15)12(19-13)21-14-18-10-5-3-4-6-11(10)20-14/h3-6,8H,2,7H2,1H3,(H,16,17,19). The van der Waals surface area contributed by atoms with Crippen LogP contribution in [0.5, 0.6) is 0 Å². The van der Waals surface area contributed by atoms with Gasteiger partial charge in [0.05, 0.1) is 21.4 Å². The van der Waals surface area contributed by atoms with E-state index in [0.29, 0.717) is 11.0 Å². The van der Waals surface area contributed by atoms with Crippen molar-refractivity contribution in [2.45, 2.75) is 22.7 Å². The van der Waals surface area contributed by atoms with Crippen molar-refractivity contribution in [3.8, 4) is 0 Å². The third-order valence-corrected chi connectivity index (χ3v) is 5.19. The second-order valence-corrected chi connectivity index (χ2v) is 7.00. The summed E-state index contributed by atoms with van der Waals surface area (Å²) in [7, 11) is 0. The van der Waals surface area contributed by atoms with Crippen molar-refractivity contribution in [2.24, 2.45) is 0 Å². The molecule has 0 spiro atoms. The quantitative estimate of drug-likeness (QED) is 0.683. The highest BCUT2D eigenvalue weighted by atomic mass is 35.5. The molecule has 2 aromatic heterocycles. The molecular weight excluding hydrogens is 324 g/mol. The smallest absolute Gasteiger partial charge is 0.223 e. The Balaban J connectivity index is 1.86. The molecule has 0 saturated heterocycles. The molecule has 108 valence electrons. The van der Waals surface area contributed by atoms with Gasteiger partial charge >= 0.3 is 0 Å². The summed E-state index contributed by atoms with van der Waals surface area (Å²) in [4.78, 5) is 13.2. The zero-order chi connectivity index (χ0) is 14.7. The van der Waals surface area contributed by atoms with E-state index in [9.17, 15) is 0 Å². The van der Waals surface area contributed by atoms with Gasteiger partial charge in [0, 0.05) is 6.54 Å². The Morgan fingerprint density at radius 2 is 2.14 bits per heavy atom. The van der Waals surface area contributed by atoms with Crippen molar-refractivity contribution >= 4 is 50.9 Å². The Hall–Kier alpha value is -1.37. The minimum absolute atomic E-state index is 0.543. The Kier molecular flexibility index (Phi) is 4.57. The van der Waals surface area contributed by atoms with Gasteiger partial charge in [0.1, 0.15) is 5.03 Å². The Morgan fingerprint density at radius 1 is 1.29 bits per heavy atom. The molecule has 0 saturated carbocycles. The van der Waals surface area contributed by atoms with Crippen LogP contribution in [-0.4, -0.2) is 21.5 Å². The second kappa shape index (κ2) is 6.60. The lowest BCUT2D eigenvalue weighted by Gasteiger charge is -2.05. The van der Waals surface area contributed by atoms with Gasteiger partial charge in [0.15, 0.2) is 4.34 Å². The van der Waals surface area contributed by atoms with Crippen molar-refractivity contribution in [1.29, 1.82) is 0 Å². The number of aromatic nitrogens is 3. The number of benzene rings is 1. The van der Waals surface area contributed by atoms with E-state index in [1.54, 1.807) is 17.5 Å². The van der Waals surface area contributed by atoms with Crippen LogP contribution >= 0.6 is 34.7 Å². The van der Waals surface area contributed by atoms with Crippen molar-refractivity contribution in [3.05, 3.63) is 35.5 Å². The summed E-state index contributed by atoms with van der Waals surface area (Å²) in [5.74, 6) is 0.602. The van der Waals surface area contributed by atoms with Crippen LogP contribution in [0.1, 0.15) is 13.3 Å². The van der Waals surface area contributed by atoms with Crippen LogP contribution < -0.4 is 5.32 Å². The average Bonchev–Trinajstić information content (AvgIpc) is 2.90. The van der Waals surface area contributed by atoms with Crippen LogP contribution in [0.15, 0.2) is 39.8 Å². The summed E-state index contributed by atoms with van der Waals surface area (Å²) < 4.78 is 2.09. The van der Waals surface area contributed by atoms with Gasteiger partial charge in [0.25, 0.3) is 0 Å². The van der Waals surface area contributed by atoms with Crippen LogP contribution in [-0.2, 0) is 0 Å². The lowest BCUT2D eigenvalue weighted by atomic mass is 10.3. The molecule has 4 nitrogen and oxygen atoms in total. The van der Waals surface area contributed by atoms with Gasteiger partial charge < -0.3 is 5.32 Å². The number of hydrogen-bond donors (Lipinski definition) is 1. The van der Waals surface area contributed by atoms with Gasteiger partial charge in [-0.15, -0.1) is 11.3 Å². The van der Waals surface area contributed by atoms with Gasteiger partial charge in [-0.3, -0.25) is 0 Å². The third kappa shape index (κ3) is 3.45. The summed E-state index contributed by atoms with van der Waals surface area (Å²) in [6, 6.07) is 8.07. The normalized spacial score (nSPS) is 11.0. The van der Waals surface area contributed by atoms with Crippen molar-refractivity contribution in [3.63, 3.8) is 0 Å². The maximum absolute atomic E-state index is 6.18. The number of anilines is 1. The fourth-order valence-corrected chi connectivity index (χ4v) is 3.89. The lowest BCUT2D eigenvalue weighted by molar-refractivity contribution is 0.935. The van der Waals surface area contributed by atoms with Crippen LogP contribution in [0.4, 0.5) is 5.95 Å². The van der Waals surface area contributed by atoms with Crippen molar-refractivity contribution in [2.75, 3.05) is 11.9 Å². The number of thiazole rings is 1. The summed E-state index contributed by atoms with van der Waals surface area (Å²) in [5, 5.41) is 4.43. The monoisotopic (exact) mass is 336 g/mol. The summed E-state index contributed by atoms with van der Waals surface area (Å²) in [6.45, 7) is 2.94. The fourth-order valence-electron chi connectivity index (χ4n) is 1.72. The largest absolute Gasteiger partial charge is 0.354 e. The molecule has 3 rings (SSSR count). The van der Waals surface area contributed by atoms with Crippen molar-refractivity contribution in [1.82, 2.24) is 15.0 Å². The Labute approximate surface area is 136 Å². The average molecular weight is 337 g/mol. The minimum atomic E-state index is 0.543. The molecule has 0 aliphatic carbocycles. The maximum atomic E-state index is 6.18. The number of hydrogen-bond acceptors (Lipinski definition) is 6. The van der Waals surface area contributed by atoms with Gasteiger partial charge in [-0.25, -0.2) is 15.0 Å². The highest BCUT2D eigenvalue weighted by Crippen LogP contribution is 2.36. The van der Waals surface area contributed by atoms with Crippen LogP contribution in [0.3, 0.4) is 0 Å². The van der Waals surface area contributed by atoms with E-state index in [4.69, 9.17) is 11.6 Å². The van der Waals surface area contributed by atoms with Crippen molar-refractivity contribution < 1.29 is 0 Å². The zero-order valence-electron chi connectivity index (χ0n) is 11.3. The molecule has 0 atom stereocenters. The van der Waals surface area contributed by atoms with E-state index in [1.165, 1.54) is 11.8 Å². The molecule has 1 N–H and O–H groups in total. The maximum Gasteiger partial charge on any atom is 0.223 e. The first-order chi connectivity index (χ1) is 10.3. The van der Waals surface area contributed by atoms with E-state index in [0.717, 1.165) is 32.5 Å². The van der Waals surface area contributed by atoms with Crippen LogP contribution in [0, 0.1) is 0 Å². The summed E-state index contributed by atoms with van der Waals surface area (Å²) in [6.07, 6.45) is 2.65. The van der Waals surface area contributed by atoms with Crippen LogP contribution in [0.2, 0.25) is 5.02 Å². The molecule has 7 heteroatoms. The van der Waals surface area contributed by atoms with E-state index >= 15 is 0 Å². The topological polar surface area (TPSA) is 50.7 Å². The Bertz CT molecular complexity index is 727. The van der Waals surface area contributed by atoms with Gasteiger partial charge in [-0.2, -0.15) is 0 Å². The summed E-state index contributed by atoms with van der Waals surface area (Å²) in [5.41, 5.74) is 1.000. The van der Waals surface area contributed by atoms with E-state index in [-0.39, 0.29) is 0 Å². The van der Waals surface area contributed by atoms with Gasteiger partial charge in [-0.1, -0.05) is 30.7 Å². The first kappa shape index (κ1) is 14.6. The lowest BCUT2D eigenvalue weighted by Crippen LogP contribution is -2.04. The molecule has 0 fully saturated rings. The molecule has 0 aliphatic rings. The fraction of sp³-hybridized carbons (Fsp3) is 0.214. The third-order valence-electron chi connectivity index (χ3n) is 2.70. The first-order valence-corrected chi connectivity index (χ1v) is 8.57. The summed E-state index contributed by atoms with van der Waals surface area (Å²) >= 11 is 9.29. The highest BCUT2D eigenvalue weighted by molar-refractivity contribution is 8.01. The Morgan fingerprint density at radius 3 is 2.95 bits per heavy atom. The van der Waals surface area contributed by atoms with E-state index in [1.807, 2.05) is 18.2 Å². The van der Waals surface area contributed by atoms with Crippen LogP contribution in [0.25, 0.3) is 10.2 Å². The highest BCUT2D eigenvalue weighted by Gasteiger charge is 2.11. The molecule has 2 heterocycles. The molecule has 0 unspecified atom stereocenters. The number of nitrogens with one attached hydrogen (secondary N) is 1. The number of halogens is 1. The van der Waals surface area contributed by atoms with Gasteiger partial charge in [-0.05, 0) is 30.3 Å². The molecule has 0 radical (unpaired) electrons. The number of nitrogens with zero attached hydrogens (tertiary/aromatic N) is 3. The molecule has 0 aliphatic heterocycles. The molecule has 0 amide bonds. The predicted molar refractivity (Wildman–Crippen MR) is 89.6 cm³/mol. The number of fused-ring (bicyclic) bond motifs is 1. The second-order valence-electron chi connectivity index (χ2n) is 4.32. The number of para-hydroxylation sites is 1. The van der Waals surface area contributed by atoms with Gasteiger partial charge in [0.2, 0.25) is 5.95 Å². The van der Waals surface area contributed by atoms with E-state index < -0.39 is 0 Å². The molecule has 3 aromatic rings. The number of rotatable bonds is 5.